The van der Waals surface area contributed by atoms with Crippen LogP contribution in [-0.2, 0) is 41.6 Å². The first-order valence-electron chi connectivity index (χ1n) is 14.7. The van der Waals surface area contributed by atoms with E-state index in [9.17, 15) is 33.7 Å². The van der Waals surface area contributed by atoms with Gasteiger partial charge in [-0.3, -0.25) is 28.8 Å². The number of furan rings is 1. The number of nitrogens with one attached hydrogen (secondary N) is 5. The maximum absolute atomic E-state index is 13.7. The lowest BCUT2D eigenvalue weighted by atomic mass is 10.0. The van der Waals surface area contributed by atoms with Crippen molar-refractivity contribution < 1.29 is 43.3 Å². The summed E-state index contributed by atoms with van der Waals surface area (Å²) >= 11 is 0. The van der Waals surface area contributed by atoms with Crippen molar-refractivity contribution in [1.82, 2.24) is 26.6 Å². The molecule has 2 heterocycles. The second kappa shape index (κ2) is 15.5. The van der Waals surface area contributed by atoms with Crippen molar-refractivity contribution in [2.24, 2.45) is 11.7 Å². The number of nitrogens with zero attached hydrogens (tertiary/aromatic N) is 1. The van der Waals surface area contributed by atoms with Crippen LogP contribution >= 0.6 is 0 Å². The Morgan fingerprint density at radius 3 is 2.04 bits per heavy atom. The molecule has 16 nitrogen and oxygen atoms in total. The van der Waals surface area contributed by atoms with Crippen molar-refractivity contribution in [2.45, 2.75) is 62.7 Å². The molecule has 244 valence electrons. The van der Waals surface area contributed by atoms with Crippen LogP contribution in [0.3, 0.4) is 0 Å². The topological polar surface area (TPSA) is 242 Å². The van der Waals surface area contributed by atoms with Crippen LogP contribution < -0.4 is 32.3 Å². The van der Waals surface area contributed by atoms with E-state index in [-0.39, 0.29) is 42.3 Å². The molecule has 46 heavy (non-hydrogen) atoms. The highest BCUT2D eigenvalue weighted by Crippen LogP contribution is 2.33. The Hall–Kier alpha value is -5.54. The summed E-state index contributed by atoms with van der Waals surface area (Å²) < 4.78 is 5.40. The third-order valence-electron chi connectivity index (χ3n) is 7.53. The molecule has 0 spiro atoms. The van der Waals surface area contributed by atoms with E-state index >= 15 is 0 Å². The largest absolute Gasteiger partial charge is 0.469 e. The fourth-order valence-electron chi connectivity index (χ4n) is 4.85. The summed E-state index contributed by atoms with van der Waals surface area (Å²) in [5.41, 5.74) is 5.89. The standard InChI is InChI=1S/C30H35N7O9/c31-27(40)21-11-12-32-28(41)22(14-18-5-7-19(8-6-18)37(44)45)35-30(43)24(16-20-2-1-13-46-20)36-29(42)23(15-17-3-4-17)34-26(39)10-9-25(38)33-21/h1-2,5-10,13,17,21-24H,3-4,11-12,14-16H2,(H7-,31,32,33,34,35,36,38,39,40,41,42,43,44,45)/p+1. The molecular formula is C30H36N7O9+. The average molecular weight is 639 g/mol. The van der Waals surface area contributed by atoms with Crippen molar-refractivity contribution in [3.05, 3.63) is 71.0 Å². The first-order valence-corrected chi connectivity index (χ1v) is 14.7. The Labute approximate surface area is 263 Å². The van der Waals surface area contributed by atoms with Crippen molar-refractivity contribution >= 4 is 41.1 Å². The summed E-state index contributed by atoms with van der Waals surface area (Å²) in [7, 11) is 0. The van der Waals surface area contributed by atoms with Gasteiger partial charge in [0.05, 0.1) is 11.2 Å². The zero-order valence-electron chi connectivity index (χ0n) is 24.8. The first kappa shape index (κ1) is 33.4. The molecule has 0 saturated heterocycles. The molecule has 4 atom stereocenters. The molecule has 6 amide bonds. The van der Waals surface area contributed by atoms with E-state index in [1.54, 1.807) is 12.1 Å². The van der Waals surface area contributed by atoms with Crippen LogP contribution in [-0.4, -0.2) is 76.3 Å². The van der Waals surface area contributed by atoms with E-state index in [1.165, 1.54) is 30.5 Å². The van der Waals surface area contributed by atoms with Gasteiger partial charge in [-0.1, -0.05) is 25.0 Å². The van der Waals surface area contributed by atoms with Crippen LogP contribution in [0.4, 0.5) is 5.69 Å². The number of carbonyl (C=O) groups excluding carboxylic acids is 6. The summed E-state index contributed by atoms with van der Waals surface area (Å²) in [4.78, 5) is 88.6. The second-order valence-electron chi connectivity index (χ2n) is 11.2. The average Bonchev–Trinajstić information content (AvgIpc) is 3.69. The number of nitrogens with two attached hydrogens (primary N) is 1. The number of hydrogen-bond donors (Lipinski definition) is 7. The smallest absolute Gasteiger partial charge is 0.316 e. The van der Waals surface area contributed by atoms with Crippen LogP contribution in [0.1, 0.15) is 37.0 Å². The highest BCUT2D eigenvalue weighted by molar-refractivity contribution is 6.00. The molecular weight excluding hydrogens is 602 g/mol. The van der Waals surface area contributed by atoms with Gasteiger partial charge in [0.1, 0.15) is 29.9 Å². The maximum Gasteiger partial charge on any atom is 0.316 e. The van der Waals surface area contributed by atoms with E-state index < -0.39 is 59.6 Å². The molecule has 2 aromatic rings. The van der Waals surface area contributed by atoms with Gasteiger partial charge in [-0.15, -0.1) is 0 Å². The van der Waals surface area contributed by atoms with E-state index in [0.717, 1.165) is 25.0 Å². The first-order chi connectivity index (χ1) is 22.0. The number of primary amides is 1. The van der Waals surface area contributed by atoms with E-state index in [0.29, 0.717) is 17.7 Å². The fourth-order valence-corrected chi connectivity index (χ4v) is 4.85. The number of carbonyl (C=O) groups is 6. The highest BCUT2D eigenvalue weighted by atomic mass is 16.6. The fraction of sp³-hybridized carbons (Fsp3) is 0.400. The molecule has 1 aromatic heterocycles. The van der Waals surface area contributed by atoms with Crippen LogP contribution in [0.2, 0.25) is 0 Å². The minimum atomic E-state index is -1.22. The number of amides is 6. The molecule has 2 aliphatic rings. The molecule has 16 heteroatoms. The second-order valence-corrected chi connectivity index (χ2v) is 11.2. The molecule has 1 aliphatic carbocycles. The van der Waals surface area contributed by atoms with Crippen LogP contribution in [0, 0.1) is 10.8 Å². The SMILES string of the molecule is NC(=O)C1CCNC(=O)C(Cc2ccc([N+](=O)O)cc2)NC(=O)C(Cc2ccco2)NC(=O)C(CC2CC2)NC(=O)C=CC(=O)N1. The zero-order chi connectivity index (χ0) is 33.2. The predicted molar refractivity (Wildman–Crippen MR) is 159 cm³/mol. The van der Waals surface area contributed by atoms with Crippen LogP contribution in [0.5, 0.6) is 0 Å². The quantitative estimate of drug-likeness (QED) is 0.178. The molecule has 1 fully saturated rings. The molecule has 1 saturated carbocycles. The lowest BCUT2D eigenvalue weighted by Crippen LogP contribution is -2.58. The van der Waals surface area contributed by atoms with E-state index in [4.69, 9.17) is 15.4 Å². The van der Waals surface area contributed by atoms with Crippen molar-refractivity contribution in [1.29, 1.82) is 0 Å². The van der Waals surface area contributed by atoms with Crippen LogP contribution in [0.15, 0.2) is 59.2 Å². The summed E-state index contributed by atoms with van der Waals surface area (Å²) in [6.07, 6.45) is 5.02. The summed E-state index contributed by atoms with van der Waals surface area (Å²) in [6.45, 7) is -0.132. The Bertz CT molecular complexity index is 1490. The van der Waals surface area contributed by atoms with Crippen molar-refractivity contribution in [3.8, 4) is 0 Å². The monoisotopic (exact) mass is 638 g/mol. The van der Waals surface area contributed by atoms with E-state index in [1.807, 2.05) is 0 Å². The minimum absolute atomic E-state index is 0.0506. The Morgan fingerprint density at radius 1 is 0.826 bits per heavy atom. The van der Waals surface area contributed by atoms with Gasteiger partial charge in [0.2, 0.25) is 35.4 Å². The normalized spacial score (nSPS) is 23.5. The molecule has 0 bridgehead atoms. The molecule has 4 rings (SSSR count). The van der Waals surface area contributed by atoms with Gasteiger partial charge in [0.15, 0.2) is 0 Å². The number of hydrogen-bond acceptors (Lipinski definition) is 8. The highest BCUT2D eigenvalue weighted by Gasteiger charge is 2.34. The maximum atomic E-state index is 13.7. The summed E-state index contributed by atoms with van der Waals surface area (Å²) in [6, 6.07) is 4.19. The third kappa shape index (κ3) is 10.0. The Balaban J connectivity index is 1.64. The molecule has 4 unspecified atom stereocenters. The van der Waals surface area contributed by atoms with Crippen LogP contribution in [0.25, 0.3) is 0 Å². The van der Waals surface area contributed by atoms with Gasteiger partial charge in [0.25, 0.3) is 4.92 Å². The minimum Gasteiger partial charge on any atom is -0.469 e. The van der Waals surface area contributed by atoms with E-state index in [2.05, 4.69) is 26.6 Å². The summed E-state index contributed by atoms with van der Waals surface area (Å²) in [5.74, 6) is -3.86. The number of benzene rings is 1. The van der Waals surface area contributed by atoms with Gasteiger partial charge >= 0.3 is 5.69 Å². The lowest BCUT2D eigenvalue weighted by Gasteiger charge is -2.25. The zero-order valence-corrected chi connectivity index (χ0v) is 24.8. The van der Waals surface area contributed by atoms with Gasteiger partial charge in [-0.2, -0.15) is 0 Å². The van der Waals surface area contributed by atoms with Gasteiger partial charge < -0.3 is 36.7 Å². The molecule has 1 aliphatic heterocycles. The van der Waals surface area contributed by atoms with Crippen molar-refractivity contribution in [3.63, 3.8) is 0 Å². The number of rotatable bonds is 8. The third-order valence-corrected chi connectivity index (χ3v) is 7.53. The molecule has 0 radical (unpaired) electrons. The van der Waals surface area contributed by atoms with Crippen molar-refractivity contribution in [2.75, 3.05) is 6.54 Å². The Kier molecular flexibility index (Phi) is 11.2. The lowest BCUT2D eigenvalue weighted by molar-refractivity contribution is -0.729. The predicted octanol–water partition coefficient (Wildman–Crippen LogP) is -0.835. The summed E-state index contributed by atoms with van der Waals surface area (Å²) in [5, 5.41) is 22.1. The van der Waals surface area contributed by atoms with Gasteiger partial charge in [-0.25, -0.2) is 5.21 Å². The Morgan fingerprint density at radius 2 is 1.46 bits per heavy atom. The van der Waals surface area contributed by atoms with Gasteiger partial charge in [-0.05, 0) is 36.5 Å². The molecule has 1 aromatic carbocycles. The van der Waals surface area contributed by atoms with Gasteiger partial charge in [0, 0.05) is 43.7 Å². The molecule has 8 N–H and O–H groups in total.